The van der Waals surface area contributed by atoms with Crippen LogP contribution in [0, 0.1) is 5.92 Å². The second kappa shape index (κ2) is 5.46. The van der Waals surface area contributed by atoms with Crippen LogP contribution in [0.2, 0.25) is 0 Å². The molecule has 2 aromatic rings. The number of aromatic amines is 1. The van der Waals surface area contributed by atoms with Crippen LogP contribution >= 0.6 is 0 Å². The van der Waals surface area contributed by atoms with Crippen LogP contribution < -0.4 is 10.6 Å². The summed E-state index contributed by atoms with van der Waals surface area (Å²) in [5.41, 5.74) is 2.83. The van der Waals surface area contributed by atoms with E-state index >= 15 is 0 Å². The number of nitrogens with one attached hydrogen (secondary N) is 3. The predicted molar refractivity (Wildman–Crippen MR) is 78.2 cm³/mol. The van der Waals surface area contributed by atoms with Gasteiger partial charge < -0.3 is 10.6 Å². The monoisotopic (exact) mass is 270 g/mol. The molecule has 2 atom stereocenters. The van der Waals surface area contributed by atoms with Gasteiger partial charge in [-0.05, 0) is 42.6 Å². The van der Waals surface area contributed by atoms with E-state index < -0.39 is 0 Å². The third kappa shape index (κ3) is 2.58. The standard InChI is InChI=1S/C15H18N4O/c1-10-6-8-16-14(10)15(20)18-12-4-2-11(3-5-12)13-7-9-17-19-13/h2-5,7,9-10,14,16H,6,8H2,1H3,(H,17,19)(H,18,20). The molecular formula is C15H18N4O. The minimum absolute atomic E-state index is 0.0456. The van der Waals surface area contributed by atoms with Gasteiger partial charge in [0.1, 0.15) is 0 Å². The molecule has 0 radical (unpaired) electrons. The van der Waals surface area contributed by atoms with Gasteiger partial charge in [0.15, 0.2) is 0 Å². The van der Waals surface area contributed by atoms with Gasteiger partial charge in [-0.3, -0.25) is 9.89 Å². The molecule has 1 aromatic heterocycles. The summed E-state index contributed by atoms with van der Waals surface area (Å²) in [6, 6.07) is 9.59. The molecule has 2 unspecified atom stereocenters. The molecule has 20 heavy (non-hydrogen) atoms. The highest BCUT2D eigenvalue weighted by atomic mass is 16.2. The fraction of sp³-hybridized carbons (Fsp3) is 0.333. The maximum atomic E-state index is 12.1. The van der Waals surface area contributed by atoms with Gasteiger partial charge in [0.05, 0.1) is 11.7 Å². The number of hydrogen-bond acceptors (Lipinski definition) is 3. The van der Waals surface area contributed by atoms with Gasteiger partial charge in [-0.1, -0.05) is 19.1 Å². The number of carbonyl (C=O) groups excluding carboxylic acids is 1. The Bertz CT molecular complexity index is 576. The summed E-state index contributed by atoms with van der Waals surface area (Å²) in [7, 11) is 0. The average molecular weight is 270 g/mol. The summed E-state index contributed by atoms with van der Waals surface area (Å²) in [6.07, 6.45) is 2.77. The quantitative estimate of drug-likeness (QED) is 0.799. The second-order valence-corrected chi connectivity index (χ2v) is 5.23. The summed E-state index contributed by atoms with van der Waals surface area (Å²) in [4.78, 5) is 12.1. The number of aromatic nitrogens is 2. The number of amides is 1. The summed E-state index contributed by atoms with van der Waals surface area (Å²) in [6.45, 7) is 3.02. The Balaban J connectivity index is 1.68. The van der Waals surface area contributed by atoms with Gasteiger partial charge in [-0.25, -0.2) is 0 Å². The Morgan fingerprint density at radius 2 is 2.10 bits per heavy atom. The number of benzene rings is 1. The van der Waals surface area contributed by atoms with Crippen molar-refractivity contribution < 1.29 is 4.79 Å². The van der Waals surface area contributed by atoms with E-state index in [9.17, 15) is 4.79 Å². The predicted octanol–water partition coefficient (Wildman–Crippen LogP) is 2.01. The highest BCUT2D eigenvalue weighted by Crippen LogP contribution is 2.20. The van der Waals surface area contributed by atoms with Gasteiger partial charge in [0.2, 0.25) is 5.91 Å². The smallest absolute Gasteiger partial charge is 0.241 e. The van der Waals surface area contributed by atoms with Crippen molar-refractivity contribution >= 4 is 11.6 Å². The van der Waals surface area contributed by atoms with Crippen molar-refractivity contribution in [2.24, 2.45) is 5.92 Å². The molecular weight excluding hydrogens is 252 g/mol. The van der Waals surface area contributed by atoms with Crippen LogP contribution in [0.15, 0.2) is 36.5 Å². The lowest BCUT2D eigenvalue weighted by atomic mass is 10.0. The fourth-order valence-corrected chi connectivity index (χ4v) is 2.56. The molecule has 1 fully saturated rings. The Morgan fingerprint density at radius 1 is 1.30 bits per heavy atom. The topological polar surface area (TPSA) is 69.8 Å². The molecule has 0 saturated carbocycles. The van der Waals surface area contributed by atoms with E-state index in [1.54, 1.807) is 6.20 Å². The number of anilines is 1. The van der Waals surface area contributed by atoms with Gasteiger partial charge in [0.25, 0.3) is 0 Å². The largest absolute Gasteiger partial charge is 0.325 e. The van der Waals surface area contributed by atoms with Crippen molar-refractivity contribution in [3.05, 3.63) is 36.5 Å². The first-order chi connectivity index (χ1) is 9.74. The average Bonchev–Trinajstić information content (AvgIpc) is 3.10. The van der Waals surface area contributed by atoms with Gasteiger partial charge in [-0.15, -0.1) is 0 Å². The van der Waals surface area contributed by atoms with Crippen LogP contribution in [0.5, 0.6) is 0 Å². The van der Waals surface area contributed by atoms with Crippen LogP contribution in [-0.4, -0.2) is 28.7 Å². The van der Waals surface area contributed by atoms with Gasteiger partial charge in [0, 0.05) is 11.9 Å². The maximum Gasteiger partial charge on any atom is 0.241 e. The first kappa shape index (κ1) is 12.9. The minimum atomic E-state index is -0.0812. The Labute approximate surface area is 117 Å². The third-order valence-electron chi connectivity index (χ3n) is 3.78. The number of hydrogen-bond donors (Lipinski definition) is 3. The Morgan fingerprint density at radius 3 is 2.70 bits per heavy atom. The van der Waals surface area contributed by atoms with Crippen molar-refractivity contribution in [2.75, 3.05) is 11.9 Å². The number of carbonyl (C=O) groups is 1. The molecule has 3 rings (SSSR count). The number of H-pyrrole nitrogens is 1. The molecule has 5 nitrogen and oxygen atoms in total. The Hall–Kier alpha value is -2.14. The second-order valence-electron chi connectivity index (χ2n) is 5.23. The molecule has 1 aliphatic rings. The van der Waals surface area contributed by atoms with Gasteiger partial charge >= 0.3 is 0 Å². The molecule has 1 aliphatic heterocycles. The normalized spacial score (nSPS) is 21.9. The third-order valence-corrected chi connectivity index (χ3v) is 3.78. The van der Waals surface area contributed by atoms with Crippen molar-refractivity contribution in [2.45, 2.75) is 19.4 Å². The summed E-state index contributed by atoms with van der Waals surface area (Å²) in [5, 5.41) is 13.0. The summed E-state index contributed by atoms with van der Waals surface area (Å²) >= 11 is 0. The highest BCUT2D eigenvalue weighted by Gasteiger charge is 2.29. The van der Waals surface area contributed by atoms with E-state index in [1.807, 2.05) is 30.3 Å². The molecule has 0 spiro atoms. The van der Waals surface area contributed by atoms with Crippen LogP contribution in [0.4, 0.5) is 5.69 Å². The first-order valence-corrected chi connectivity index (χ1v) is 6.88. The van der Waals surface area contributed by atoms with Crippen LogP contribution in [0.25, 0.3) is 11.3 Å². The fourth-order valence-electron chi connectivity index (χ4n) is 2.56. The Kier molecular flexibility index (Phi) is 3.52. The lowest BCUT2D eigenvalue weighted by Gasteiger charge is -2.15. The minimum Gasteiger partial charge on any atom is -0.325 e. The molecule has 2 heterocycles. The lowest BCUT2D eigenvalue weighted by molar-refractivity contribution is -0.118. The van der Waals surface area contributed by atoms with E-state index in [0.29, 0.717) is 5.92 Å². The zero-order valence-corrected chi connectivity index (χ0v) is 11.4. The zero-order valence-electron chi connectivity index (χ0n) is 11.4. The van der Waals surface area contributed by atoms with E-state index in [4.69, 9.17) is 0 Å². The first-order valence-electron chi connectivity index (χ1n) is 6.88. The highest BCUT2D eigenvalue weighted by molar-refractivity contribution is 5.95. The summed E-state index contributed by atoms with van der Waals surface area (Å²) in [5.74, 6) is 0.434. The molecule has 0 bridgehead atoms. The molecule has 1 aromatic carbocycles. The van der Waals surface area contributed by atoms with Crippen molar-refractivity contribution in [3.8, 4) is 11.3 Å². The van der Waals surface area contributed by atoms with E-state index in [2.05, 4.69) is 27.8 Å². The molecule has 0 aliphatic carbocycles. The van der Waals surface area contributed by atoms with Crippen molar-refractivity contribution in [1.82, 2.24) is 15.5 Å². The molecule has 1 amide bonds. The van der Waals surface area contributed by atoms with Crippen molar-refractivity contribution in [3.63, 3.8) is 0 Å². The van der Waals surface area contributed by atoms with E-state index in [0.717, 1.165) is 29.9 Å². The zero-order chi connectivity index (χ0) is 13.9. The van der Waals surface area contributed by atoms with Crippen LogP contribution in [0.1, 0.15) is 13.3 Å². The van der Waals surface area contributed by atoms with Crippen LogP contribution in [-0.2, 0) is 4.79 Å². The SMILES string of the molecule is CC1CCNC1C(=O)Nc1ccc(-c2ccn[nH]2)cc1. The molecule has 104 valence electrons. The molecule has 1 saturated heterocycles. The lowest BCUT2D eigenvalue weighted by Crippen LogP contribution is -2.39. The number of rotatable bonds is 3. The van der Waals surface area contributed by atoms with Crippen molar-refractivity contribution in [1.29, 1.82) is 0 Å². The maximum absolute atomic E-state index is 12.1. The number of nitrogens with zero attached hydrogens (tertiary/aromatic N) is 1. The summed E-state index contributed by atoms with van der Waals surface area (Å²) < 4.78 is 0. The van der Waals surface area contributed by atoms with E-state index in [-0.39, 0.29) is 11.9 Å². The molecule has 5 heteroatoms. The van der Waals surface area contributed by atoms with Gasteiger partial charge in [-0.2, -0.15) is 5.10 Å². The van der Waals surface area contributed by atoms with Crippen LogP contribution in [0.3, 0.4) is 0 Å². The van der Waals surface area contributed by atoms with E-state index in [1.165, 1.54) is 0 Å². The molecule has 3 N–H and O–H groups in total.